The molecule has 1 aromatic heterocycles. The molecule has 0 radical (unpaired) electrons. The molecule has 1 N–H and O–H groups in total. The van der Waals surface area contributed by atoms with Crippen LogP contribution in [0.4, 0.5) is 4.79 Å². The Bertz CT molecular complexity index is 1230. The molecule has 0 unspecified atom stereocenters. The van der Waals surface area contributed by atoms with Gasteiger partial charge in [0, 0.05) is 58.7 Å². The van der Waals surface area contributed by atoms with Crippen LogP contribution in [0.15, 0.2) is 45.0 Å². The van der Waals surface area contributed by atoms with Gasteiger partial charge in [0.05, 0.1) is 5.69 Å². The number of carboxylic acid groups (broad SMARTS) is 1. The van der Waals surface area contributed by atoms with Gasteiger partial charge in [-0.25, -0.2) is 4.79 Å². The lowest BCUT2D eigenvalue weighted by Crippen LogP contribution is -2.40. The lowest BCUT2D eigenvalue weighted by Gasteiger charge is -2.37. The molecule has 190 valence electrons. The molecule has 1 saturated heterocycles. The van der Waals surface area contributed by atoms with E-state index in [4.69, 9.17) is 21.7 Å². The molecule has 0 spiro atoms. The Morgan fingerprint density at radius 3 is 2.47 bits per heavy atom. The van der Waals surface area contributed by atoms with Gasteiger partial charge in [-0.1, -0.05) is 39.2 Å². The van der Waals surface area contributed by atoms with Gasteiger partial charge in [0.15, 0.2) is 0 Å². The number of halogens is 3. The highest BCUT2D eigenvalue weighted by Gasteiger charge is 2.36. The monoisotopic (exact) mass is 635 g/mol. The highest BCUT2D eigenvalue weighted by Crippen LogP contribution is 2.46. The summed E-state index contributed by atoms with van der Waals surface area (Å²) in [6, 6.07) is 6.27. The van der Waals surface area contributed by atoms with E-state index in [1.807, 2.05) is 23.2 Å². The molecule has 1 aromatic carbocycles. The highest BCUT2D eigenvalue weighted by atomic mass is 79.9. The minimum Gasteiger partial charge on any atom is -0.465 e. The molecular weight excluding hydrogens is 610 g/mol. The lowest BCUT2D eigenvalue weighted by atomic mass is 9.76. The van der Waals surface area contributed by atoms with Crippen molar-refractivity contribution in [2.45, 2.75) is 44.4 Å². The van der Waals surface area contributed by atoms with Crippen LogP contribution in [0.3, 0.4) is 0 Å². The van der Waals surface area contributed by atoms with Crippen LogP contribution in [0.5, 0.6) is 0 Å². The average molecular weight is 638 g/mol. The smallest absolute Gasteiger partial charge is 0.407 e. The normalized spacial score (nSPS) is 20.3. The molecule has 36 heavy (non-hydrogen) atoms. The molecule has 2 amide bonds. The summed E-state index contributed by atoms with van der Waals surface area (Å²) in [5, 5.41) is 9.87. The fourth-order valence-electron chi connectivity index (χ4n) is 5.86. The third-order valence-electron chi connectivity index (χ3n) is 7.73. The van der Waals surface area contributed by atoms with Gasteiger partial charge in [-0.05, 0) is 88.8 Å². The first-order chi connectivity index (χ1) is 17.3. The number of fused-ring (bicyclic) bond motifs is 2. The Balaban J connectivity index is 1.33. The van der Waals surface area contributed by atoms with Crippen molar-refractivity contribution in [2.24, 2.45) is 5.92 Å². The molecule has 2 aliphatic heterocycles. The first-order valence-corrected chi connectivity index (χ1v) is 14.3. The molecule has 1 atom stereocenters. The van der Waals surface area contributed by atoms with Crippen molar-refractivity contribution in [3.63, 3.8) is 0 Å². The predicted octanol–water partition coefficient (Wildman–Crippen LogP) is 6.43. The van der Waals surface area contributed by atoms with E-state index in [0.29, 0.717) is 31.8 Å². The Morgan fingerprint density at radius 1 is 1.03 bits per heavy atom. The summed E-state index contributed by atoms with van der Waals surface area (Å²) in [7, 11) is 0. The molecule has 5 rings (SSSR count). The number of aromatic nitrogens is 1. The number of benzene rings is 1. The van der Waals surface area contributed by atoms with E-state index in [1.165, 1.54) is 21.6 Å². The number of pyridine rings is 1. The third-order valence-corrected chi connectivity index (χ3v) is 9.04. The van der Waals surface area contributed by atoms with Crippen molar-refractivity contribution >= 4 is 55.5 Å². The summed E-state index contributed by atoms with van der Waals surface area (Å²) in [5.41, 5.74) is 6.01. The maximum absolute atomic E-state index is 13.1. The standard InChI is InChI=1S/C27H28Br2ClN3O3/c28-20-12-19-2-1-18-13-21(30)14-22(29)24(18)25(26(19)31-15-20)17-5-9-32(10-6-17)23(34)11-16-3-7-33(8-4-16)27(35)36/h3,12-15,17,25H,1-2,4-11H2,(H,35,36)/t25-/m1/s1. The number of hydrogen-bond acceptors (Lipinski definition) is 3. The molecular formula is C27H28Br2ClN3O3. The van der Waals surface area contributed by atoms with Gasteiger partial charge >= 0.3 is 6.09 Å². The molecule has 1 aliphatic carbocycles. The fraction of sp³-hybridized carbons (Fsp3) is 0.444. The molecule has 6 nitrogen and oxygen atoms in total. The number of aryl methyl sites for hydroxylation is 2. The Labute approximate surface area is 233 Å². The zero-order valence-electron chi connectivity index (χ0n) is 19.9. The quantitative estimate of drug-likeness (QED) is 0.394. The number of carbonyl (C=O) groups excluding carboxylic acids is 1. The van der Waals surface area contributed by atoms with E-state index in [9.17, 15) is 9.59 Å². The average Bonchev–Trinajstić information content (AvgIpc) is 3.01. The van der Waals surface area contributed by atoms with Crippen LogP contribution >= 0.6 is 43.5 Å². The fourth-order valence-corrected chi connectivity index (χ4v) is 7.36. The number of amides is 2. The van der Waals surface area contributed by atoms with Gasteiger partial charge in [-0.2, -0.15) is 0 Å². The van der Waals surface area contributed by atoms with E-state index in [2.05, 4.69) is 44.0 Å². The van der Waals surface area contributed by atoms with Gasteiger partial charge in [0.2, 0.25) is 5.91 Å². The van der Waals surface area contributed by atoms with Gasteiger partial charge in [0.1, 0.15) is 0 Å². The summed E-state index contributed by atoms with van der Waals surface area (Å²) < 4.78 is 2.03. The minimum absolute atomic E-state index is 0.139. The van der Waals surface area contributed by atoms with Crippen molar-refractivity contribution in [1.29, 1.82) is 0 Å². The number of piperidine rings is 1. The minimum atomic E-state index is -0.906. The number of likely N-dealkylation sites (tertiary alicyclic amines) is 1. The zero-order valence-corrected chi connectivity index (χ0v) is 23.8. The van der Waals surface area contributed by atoms with Crippen LogP contribution in [-0.4, -0.2) is 58.1 Å². The molecule has 1 fully saturated rings. The van der Waals surface area contributed by atoms with Crippen LogP contribution in [0, 0.1) is 5.92 Å². The largest absolute Gasteiger partial charge is 0.465 e. The van der Waals surface area contributed by atoms with Crippen molar-refractivity contribution in [1.82, 2.24) is 14.8 Å². The Hall–Kier alpha value is -1.90. The number of carbonyl (C=O) groups is 2. The molecule has 3 aliphatic rings. The molecule has 2 aromatic rings. The van der Waals surface area contributed by atoms with Crippen molar-refractivity contribution < 1.29 is 14.7 Å². The molecule has 3 heterocycles. The van der Waals surface area contributed by atoms with Crippen LogP contribution in [0.1, 0.15) is 54.0 Å². The lowest BCUT2D eigenvalue weighted by molar-refractivity contribution is -0.131. The Morgan fingerprint density at radius 2 is 1.78 bits per heavy atom. The van der Waals surface area contributed by atoms with Gasteiger partial charge in [-0.3, -0.25) is 9.78 Å². The SMILES string of the molecule is O=C(O)N1CC=C(CC(=O)N2CCC([C@H]3c4ncc(Br)cc4CCc4cc(Cl)cc(Br)c43)CC2)CC1. The molecule has 0 saturated carbocycles. The van der Waals surface area contributed by atoms with Gasteiger partial charge in [0.25, 0.3) is 0 Å². The summed E-state index contributed by atoms with van der Waals surface area (Å²) in [6.45, 7) is 2.27. The number of nitrogens with zero attached hydrogens (tertiary/aromatic N) is 3. The predicted molar refractivity (Wildman–Crippen MR) is 147 cm³/mol. The van der Waals surface area contributed by atoms with E-state index in [1.54, 1.807) is 0 Å². The maximum Gasteiger partial charge on any atom is 0.407 e. The summed E-state index contributed by atoms with van der Waals surface area (Å²) >= 11 is 13.8. The van der Waals surface area contributed by atoms with Crippen molar-refractivity contribution in [2.75, 3.05) is 26.2 Å². The van der Waals surface area contributed by atoms with Crippen LogP contribution in [0.2, 0.25) is 5.02 Å². The highest BCUT2D eigenvalue weighted by molar-refractivity contribution is 9.10. The topological polar surface area (TPSA) is 73.7 Å². The van der Waals surface area contributed by atoms with E-state index >= 15 is 0 Å². The summed E-state index contributed by atoms with van der Waals surface area (Å²) in [5.74, 6) is 0.659. The second kappa shape index (κ2) is 10.8. The van der Waals surface area contributed by atoms with Crippen LogP contribution in [0.25, 0.3) is 0 Å². The van der Waals surface area contributed by atoms with Crippen molar-refractivity contribution in [3.05, 3.63) is 72.4 Å². The van der Waals surface area contributed by atoms with E-state index < -0.39 is 6.09 Å². The maximum atomic E-state index is 13.1. The van der Waals surface area contributed by atoms with E-state index in [-0.39, 0.29) is 11.8 Å². The molecule has 9 heteroatoms. The first-order valence-electron chi connectivity index (χ1n) is 12.4. The third kappa shape index (κ3) is 5.36. The van der Waals surface area contributed by atoms with Gasteiger partial charge < -0.3 is 14.9 Å². The van der Waals surface area contributed by atoms with Gasteiger partial charge in [-0.15, -0.1) is 0 Å². The van der Waals surface area contributed by atoms with Crippen LogP contribution < -0.4 is 0 Å². The van der Waals surface area contributed by atoms with E-state index in [0.717, 1.165) is 64.0 Å². The van der Waals surface area contributed by atoms with Crippen LogP contribution in [-0.2, 0) is 17.6 Å². The van der Waals surface area contributed by atoms with Crippen molar-refractivity contribution in [3.8, 4) is 0 Å². The number of rotatable bonds is 3. The second-order valence-electron chi connectivity index (χ2n) is 9.87. The molecule has 0 bridgehead atoms. The number of hydrogen-bond donors (Lipinski definition) is 1. The summed E-state index contributed by atoms with van der Waals surface area (Å²) in [6.07, 6.45) is 7.55. The Kier molecular flexibility index (Phi) is 7.75. The summed E-state index contributed by atoms with van der Waals surface area (Å²) in [4.78, 5) is 32.5. The second-order valence-corrected chi connectivity index (χ2v) is 12.1. The zero-order chi connectivity index (χ0) is 25.4. The first kappa shape index (κ1) is 25.7.